The Morgan fingerprint density at radius 3 is 2.78 bits per heavy atom. The molecule has 0 unspecified atom stereocenters. The van der Waals surface area contributed by atoms with Crippen molar-refractivity contribution >= 4 is 16.7 Å². The molecule has 4 aromatic heterocycles. The van der Waals surface area contributed by atoms with Crippen LogP contribution in [0.15, 0.2) is 71.7 Å². The zero-order valence-electron chi connectivity index (χ0n) is 16.8. The number of carbonyl (C=O) groups is 1. The molecule has 0 saturated carbocycles. The molecule has 1 N–H and O–H groups in total. The number of nitrogens with zero attached hydrogens (tertiary/aromatic N) is 6. The van der Waals surface area contributed by atoms with Gasteiger partial charge in [0.15, 0.2) is 0 Å². The molecule has 9 heteroatoms. The third-order valence-electron chi connectivity index (χ3n) is 5.61. The Bertz CT molecular complexity index is 1430. The Hall–Kier alpha value is -4.40. The Kier molecular flexibility index (Phi) is 4.24. The molecule has 0 fully saturated rings. The summed E-state index contributed by atoms with van der Waals surface area (Å²) in [5.41, 5.74) is 3.01. The van der Waals surface area contributed by atoms with Crippen molar-refractivity contribution in [1.82, 2.24) is 35.0 Å². The van der Waals surface area contributed by atoms with Crippen LogP contribution in [0.25, 0.3) is 22.4 Å². The number of carbonyl (C=O) groups excluding carboxylic acids is 1. The second kappa shape index (κ2) is 7.38. The summed E-state index contributed by atoms with van der Waals surface area (Å²) in [6.07, 6.45) is 5.75. The van der Waals surface area contributed by atoms with E-state index in [1.54, 1.807) is 29.6 Å². The number of aromatic amines is 1. The molecule has 1 aliphatic heterocycles. The quantitative estimate of drug-likeness (QED) is 0.474. The van der Waals surface area contributed by atoms with Gasteiger partial charge in [-0.25, -0.2) is 4.98 Å². The fourth-order valence-electron chi connectivity index (χ4n) is 4.07. The SMILES string of the molecule is O=C(c1nnc(-c2ccccn2)o1)N1CCc2[nH]cnc2[C@@H]1c1cc2ccccc2cn1. The van der Waals surface area contributed by atoms with Crippen molar-refractivity contribution in [3.8, 4) is 11.6 Å². The summed E-state index contributed by atoms with van der Waals surface area (Å²) in [7, 11) is 0. The topological polar surface area (TPSA) is 114 Å². The van der Waals surface area contributed by atoms with Crippen LogP contribution in [-0.4, -0.2) is 47.5 Å². The minimum Gasteiger partial charge on any atom is -0.411 e. The third-order valence-corrected chi connectivity index (χ3v) is 5.61. The maximum absolute atomic E-state index is 13.5. The Labute approximate surface area is 182 Å². The van der Waals surface area contributed by atoms with Crippen LogP contribution in [0.4, 0.5) is 0 Å². The van der Waals surface area contributed by atoms with Gasteiger partial charge in [-0.2, -0.15) is 0 Å². The minimum atomic E-state index is -0.465. The number of aromatic nitrogens is 6. The van der Waals surface area contributed by atoms with E-state index in [0.717, 1.165) is 27.9 Å². The van der Waals surface area contributed by atoms with Crippen molar-refractivity contribution < 1.29 is 9.21 Å². The van der Waals surface area contributed by atoms with Crippen LogP contribution in [0.3, 0.4) is 0 Å². The molecule has 1 aromatic carbocycles. The highest BCUT2D eigenvalue weighted by molar-refractivity contribution is 5.90. The number of benzene rings is 1. The first kappa shape index (κ1) is 18.4. The molecule has 1 aliphatic rings. The molecule has 1 amide bonds. The predicted molar refractivity (Wildman–Crippen MR) is 114 cm³/mol. The molecule has 0 bridgehead atoms. The second-order valence-corrected chi connectivity index (χ2v) is 7.50. The number of hydrogen-bond acceptors (Lipinski definition) is 7. The molecule has 9 nitrogen and oxygen atoms in total. The molecular weight excluding hydrogens is 406 g/mol. The summed E-state index contributed by atoms with van der Waals surface area (Å²) < 4.78 is 5.68. The number of amides is 1. The van der Waals surface area contributed by atoms with Gasteiger partial charge in [-0.15, -0.1) is 10.2 Å². The van der Waals surface area contributed by atoms with E-state index in [4.69, 9.17) is 4.42 Å². The van der Waals surface area contributed by atoms with Gasteiger partial charge in [0.2, 0.25) is 0 Å². The van der Waals surface area contributed by atoms with E-state index >= 15 is 0 Å². The lowest BCUT2D eigenvalue weighted by atomic mass is 9.98. The Morgan fingerprint density at radius 2 is 1.91 bits per heavy atom. The molecule has 156 valence electrons. The largest absolute Gasteiger partial charge is 0.411 e. The van der Waals surface area contributed by atoms with E-state index in [1.165, 1.54) is 0 Å². The zero-order chi connectivity index (χ0) is 21.5. The summed E-state index contributed by atoms with van der Waals surface area (Å²) in [6, 6.07) is 14.9. The van der Waals surface area contributed by atoms with Gasteiger partial charge in [0.25, 0.3) is 5.89 Å². The normalized spacial score (nSPS) is 15.6. The highest BCUT2D eigenvalue weighted by Crippen LogP contribution is 2.34. The Balaban J connectivity index is 1.40. The molecule has 0 saturated heterocycles. The van der Waals surface area contributed by atoms with Gasteiger partial charge in [0.1, 0.15) is 11.7 Å². The summed E-state index contributed by atoms with van der Waals surface area (Å²) in [6.45, 7) is 0.467. The van der Waals surface area contributed by atoms with E-state index < -0.39 is 6.04 Å². The van der Waals surface area contributed by atoms with E-state index in [-0.39, 0.29) is 17.7 Å². The number of hydrogen-bond donors (Lipinski definition) is 1. The molecule has 0 spiro atoms. The van der Waals surface area contributed by atoms with Gasteiger partial charge in [-0.1, -0.05) is 30.3 Å². The van der Waals surface area contributed by atoms with E-state index in [1.807, 2.05) is 42.6 Å². The van der Waals surface area contributed by atoms with Gasteiger partial charge >= 0.3 is 11.8 Å². The number of imidazole rings is 1. The molecule has 32 heavy (non-hydrogen) atoms. The summed E-state index contributed by atoms with van der Waals surface area (Å²) in [4.78, 5) is 31.7. The highest BCUT2D eigenvalue weighted by Gasteiger charge is 2.37. The van der Waals surface area contributed by atoms with Crippen molar-refractivity contribution in [1.29, 1.82) is 0 Å². The first-order chi connectivity index (χ1) is 15.8. The summed E-state index contributed by atoms with van der Waals surface area (Å²) >= 11 is 0. The first-order valence-corrected chi connectivity index (χ1v) is 10.2. The van der Waals surface area contributed by atoms with Crippen molar-refractivity contribution in [2.24, 2.45) is 0 Å². The van der Waals surface area contributed by atoms with Gasteiger partial charge in [-0.05, 0) is 23.6 Å². The fourth-order valence-corrected chi connectivity index (χ4v) is 4.07. The lowest BCUT2D eigenvalue weighted by Gasteiger charge is -2.33. The van der Waals surface area contributed by atoms with Crippen LogP contribution in [0, 0.1) is 0 Å². The average Bonchev–Trinajstić information content (AvgIpc) is 3.53. The van der Waals surface area contributed by atoms with Gasteiger partial charge in [0, 0.05) is 36.4 Å². The maximum Gasteiger partial charge on any atom is 0.312 e. The van der Waals surface area contributed by atoms with Crippen LogP contribution >= 0.6 is 0 Å². The van der Waals surface area contributed by atoms with Crippen molar-refractivity contribution in [2.45, 2.75) is 12.5 Å². The number of H-pyrrole nitrogens is 1. The second-order valence-electron chi connectivity index (χ2n) is 7.50. The number of nitrogens with one attached hydrogen (secondary N) is 1. The van der Waals surface area contributed by atoms with Crippen LogP contribution in [-0.2, 0) is 6.42 Å². The lowest BCUT2D eigenvalue weighted by molar-refractivity contribution is 0.0647. The third kappa shape index (κ3) is 3.02. The lowest BCUT2D eigenvalue weighted by Crippen LogP contribution is -2.41. The number of rotatable bonds is 3. The molecule has 0 radical (unpaired) electrons. The van der Waals surface area contributed by atoms with E-state index in [9.17, 15) is 4.79 Å². The summed E-state index contributed by atoms with van der Waals surface area (Å²) in [5.74, 6) is -0.254. The van der Waals surface area contributed by atoms with Crippen LogP contribution in [0.1, 0.15) is 33.8 Å². The zero-order valence-corrected chi connectivity index (χ0v) is 16.8. The van der Waals surface area contributed by atoms with Crippen molar-refractivity contribution in [2.75, 3.05) is 6.54 Å². The molecule has 0 aliphatic carbocycles. The maximum atomic E-state index is 13.5. The number of pyridine rings is 2. The van der Waals surface area contributed by atoms with Gasteiger partial charge < -0.3 is 14.3 Å². The van der Waals surface area contributed by atoms with Crippen LogP contribution in [0.5, 0.6) is 0 Å². The van der Waals surface area contributed by atoms with Gasteiger partial charge in [-0.3, -0.25) is 14.8 Å². The average molecular weight is 423 g/mol. The van der Waals surface area contributed by atoms with E-state index in [2.05, 4.69) is 30.1 Å². The highest BCUT2D eigenvalue weighted by atomic mass is 16.4. The standard InChI is InChI=1S/C23H17N7O2/c31-23(22-29-28-21(32-22)17-7-3-4-9-24-17)30-10-8-16-19(27-13-26-16)20(30)18-11-14-5-1-2-6-15(14)12-25-18/h1-7,9,11-13,20H,8,10H2,(H,26,27)/t20-/m0/s1. The van der Waals surface area contributed by atoms with Gasteiger partial charge in [0.05, 0.1) is 17.7 Å². The number of fused-ring (bicyclic) bond motifs is 2. The summed E-state index contributed by atoms with van der Waals surface area (Å²) in [5, 5.41) is 10.1. The molecular formula is C23H17N7O2. The molecule has 1 atom stereocenters. The molecule has 5 heterocycles. The van der Waals surface area contributed by atoms with Crippen molar-refractivity contribution in [3.05, 3.63) is 90.2 Å². The monoisotopic (exact) mass is 423 g/mol. The van der Waals surface area contributed by atoms with Crippen LogP contribution < -0.4 is 0 Å². The predicted octanol–water partition coefficient (Wildman–Crippen LogP) is 3.19. The minimum absolute atomic E-state index is 0.0876. The van der Waals surface area contributed by atoms with Crippen LogP contribution in [0.2, 0.25) is 0 Å². The Morgan fingerprint density at radius 1 is 1.03 bits per heavy atom. The fraction of sp³-hybridized carbons (Fsp3) is 0.130. The molecule has 5 aromatic rings. The molecule has 6 rings (SSSR count). The smallest absolute Gasteiger partial charge is 0.312 e. The van der Waals surface area contributed by atoms with Crippen molar-refractivity contribution in [3.63, 3.8) is 0 Å². The first-order valence-electron chi connectivity index (χ1n) is 10.2. The van der Waals surface area contributed by atoms with E-state index in [0.29, 0.717) is 18.7 Å².